The number of aromatic nitrogens is 3. The summed E-state index contributed by atoms with van der Waals surface area (Å²) in [4.78, 5) is 0. The van der Waals surface area contributed by atoms with Crippen molar-refractivity contribution in [3.05, 3.63) is 12.2 Å². The summed E-state index contributed by atoms with van der Waals surface area (Å²) in [5, 5.41) is 11.9. The Morgan fingerprint density at radius 1 is 1.35 bits per heavy atom. The molecule has 4 heteroatoms. The molecule has 1 fully saturated rings. The highest BCUT2D eigenvalue weighted by atomic mass is 15.3. The molecule has 4 nitrogen and oxygen atoms in total. The summed E-state index contributed by atoms with van der Waals surface area (Å²) in [7, 11) is 0. The van der Waals surface area contributed by atoms with Crippen LogP contribution in [0.1, 0.15) is 64.7 Å². The first-order valence-corrected chi connectivity index (χ1v) is 6.80. The van der Waals surface area contributed by atoms with Gasteiger partial charge in [0.05, 0.1) is 5.54 Å². The highest BCUT2D eigenvalue weighted by Gasteiger charge is 2.28. The van der Waals surface area contributed by atoms with Crippen LogP contribution in [0, 0.1) is 0 Å². The molecule has 1 aliphatic carbocycles. The van der Waals surface area contributed by atoms with Crippen LogP contribution in [0.25, 0.3) is 0 Å². The predicted octanol–water partition coefficient (Wildman–Crippen LogP) is 2.63. The molecule has 0 bridgehead atoms. The first kappa shape index (κ1) is 12.6. The lowest BCUT2D eigenvalue weighted by Crippen LogP contribution is -2.39. The van der Waals surface area contributed by atoms with E-state index in [4.69, 9.17) is 0 Å². The monoisotopic (exact) mass is 236 g/mol. The van der Waals surface area contributed by atoms with E-state index in [1.165, 1.54) is 32.1 Å². The molecule has 1 heterocycles. The van der Waals surface area contributed by atoms with Crippen LogP contribution in [0.2, 0.25) is 0 Å². The van der Waals surface area contributed by atoms with Crippen molar-refractivity contribution in [2.24, 2.45) is 0 Å². The van der Waals surface area contributed by atoms with Gasteiger partial charge < -0.3 is 9.88 Å². The molecule has 0 saturated heterocycles. The van der Waals surface area contributed by atoms with Crippen LogP contribution in [0.5, 0.6) is 0 Å². The van der Waals surface area contributed by atoms with E-state index in [1.807, 2.05) is 6.33 Å². The summed E-state index contributed by atoms with van der Waals surface area (Å²) < 4.78 is 2.29. The van der Waals surface area contributed by atoms with Crippen LogP contribution in [0.4, 0.5) is 0 Å². The van der Waals surface area contributed by atoms with Crippen molar-refractivity contribution in [2.45, 2.75) is 64.5 Å². The maximum Gasteiger partial charge on any atom is 0.152 e. The van der Waals surface area contributed by atoms with Crippen molar-refractivity contribution in [3.63, 3.8) is 0 Å². The van der Waals surface area contributed by atoms with Gasteiger partial charge in [-0.1, -0.05) is 26.2 Å². The third-order valence-corrected chi connectivity index (χ3v) is 3.72. The summed E-state index contributed by atoms with van der Waals surface area (Å²) in [5.41, 5.74) is -0.0945. The van der Waals surface area contributed by atoms with E-state index in [0.29, 0.717) is 6.04 Å². The third kappa shape index (κ3) is 2.68. The standard InChI is InChI=1S/C13H24N4/c1-4-14-13(2,3)12-16-15-10-17(12)11-8-6-5-7-9-11/h10-11,14H,4-9H2,1-3H3. The van der Waals surface area contributed by atoms with Gasteiger partial charge in [0.1, 0.15) is 6.33 Å². The smallest absolute Gasteiger partial charge is 0.152 e. The van der Waals surface area contributed by atoms with Gasteiger partial charge in [0.15, 0.2) is 5.82 Å². The molecule has 0 radical (unpaired) electrons. The van der Waals surface area contributed by atoms with Gasteiger partial charge in [-0.2, -0.15) is 0 Å². The SMILES string of the molecule is CCNC(C)(C)c1nncn1C1CCCCC1. The van der Waals surface area contributed by atoms with E-state index in [1.54, 1.807) is 0 Å². The lowest BCUT2D eigenvalue weighted by molar-refractivity contribution is 0.306. The first-order valence-electron chi connectivity index (χ1n) is 6.80. The van der Waals surface area contributed by atoms with E-state index in [0.717, 1.165) is 12.4 Å². The molecule has 17 heavy (non-hydrogen) atoms. The van der Waals surface area contributed by atoms with Crippen molar-refractivity contribution in [2.75, 3.05) is 6.54 Å². The Hall–Kier alpha value is -0.900. The molecule has 0 amide bonds. The van der Waals surface area contributed by atoms with Crippen LogP contribution in [0.15, 0.2) is 6.33 Å². The third-order valence-electron chi connectivity index (χ3n) is 3.72. The number of rotatable bonds is 4. The van der Waals surface area contributed by atoms with Crippen LogP contribution in [-0.4, -0.2) is 21.3 Å². The van der Waals surface area contributed by atoms with E-state index >= 15 is 0 Å². The maximum atomic E-state index is 4.33. The van der Waals surface area contributed by atoms with Crippen LogP contribution in [-0.2, 0) is 5.54 Å². The minimum atomic E-state index is -0.0945. The molecular weight excluding hydrogens is 212 g/mol. The Balaban J connectivity index is 2.21. The van der Waals surface area contributed by atoms with Gasteiger partial charge in [-0.05, 0) is 33.2 Å². The molecule has 0 aromatic carbocycles. The summed E-state index contributed by atoms with van der Waals surface area (Å²) in [5.74, 6) is 1.08. The second kappa shape index (κ2) is 5.17. The van der Waals surface area contributed by atoms with Gasteiger partial charge in [-0.15, -0.1) is 10.2 Å². The van der Waals surface area contributed by atoms with Crippen molar-refractivity contribution in [3.8, 4) is 0 Å². The maximum absolute atomic E-state index is 4.33. The quantitative estimate of drug-likeness (QED) is 0.874. The molecule has 0 unspecified atom stereocenters. The van der Waals surface area contributed by atoms with Gasteiger partial charge in [-0.25, -0.2) is 0 Å². The van der Waals surface area contributed by atoms with Gasteiger partial charge in [0.25, 0.3) is 0 Å². The molecule has 1 N–H and O–H groups in total. The molecule has 96 valence electrons. The van der Waals surface area contributed by atoms with Crippen LogP contribution >= 0.6 is 0 Å². The van der Waals surface area contributed by atoms with Gasteiger partial charge in [0.2, 0.25) is 0 Å². The Labute approximate surface area is 104 Å². The predicted molar refractivity (Wildman–Crippen MR) is 68.8 cm³/mol. The van der Waals surface area contributed by atoms with Crippen molar-refractivity contribution in [1.82, 2.24) is 20.1 Å². The molecule has 2 rings (SSSR count). The average molecular weight is 236 g/mol. The van der Waals surface area contributed by atoms with E-state index in [2.05, 4.69) is 40.9 Å². The molecule has 1 aromatic heterocycles. The highest BCUT2D eigenvalue weighted by molar-refractivity contribution is 5.04. The van der Waals surface area contributed by atoms with Crippen molar-refractivity contribution in [1.29, 1.82) is 0 Å². The summed E-state index contributed by atoms with van der Waals surface area (Å²) in [6.45, 7) is 7.44. The van der Waals surface area contributed by atoms with Crippen LogP contribution < -0.4 is 5.32 Å². The zero-order chi connectivity index (χ0) is 12.3. The molecule has 1 aliphatic rings. The average Bonchev–Trinajstić information content (AvgIpc) is 2.79. The molecule has 1 saturated carbocycles. The lowest BCUT2D eigenvalue weighted by atomic mass is 9.94. The second-order valence-corrected chi connectivity index (χ2v) is 5.51. The van der Waals surface area contributed by atoms with E-state index < -0.39 is 0 Å². The Morgan fingerprint density at radius 3 is 2.71 bits per heavy atom. The minimum absolute atomic E-state index is 0.0945. The normalized spacial score (nSPS) is 18.5. The Bertz CT molecular complexity index is 350. The fraction of sp³-hybridized carbons (Fsp3) is 0.846. The van der Waals surface area contributed by atoms with Crippen LogP contribution in [0.3, 0.4) is 0 Å². The molecule has 0 aliphatic heterocycles. The molecule has 1 aromatic rings. The minimum Gasteiger partial charge on any atom is -0.313 e. The number of nitrogens with one attached hydrogen (secondary N) is 1. The Kier molecular flexibility index (Phi) is 3.82. The number of hydrogen-bond acceptors (Lipinski definition) is 3. The summed E-state index contributed by atoms with van der Waals surface area (Å²) in [6.07, 6.45) is 8.50. The summed E-state index contributed by atoms with van der Waals surface area (Å²) >= 11 is 0. The number of hydrogen-bond donors (Lipinski definition) is 1. The molecular formula is C13H24N4. The van der Waals surface area contributed by atoms with Gasteiger partial charge in [-0.3, -0.25) is 0 Å². The summed E-state index contributed by atoms with van der Waals surface area (Å²) in [6, 6.07) is 0.603. The Morgan fingerprint density at radius 2 is 2.06 bits per heavy atom. The van der Waals surface area contributed by atoms with Gasteiger partial charge >= 0.3 is 0 Å². The largest absolute Gasteiger partial charge is 0.313 e. The fourth-order valence-corrected chi connectivity index (χ4v) is 2.84. The fourth-order valence-electron chi connectivity index (χ4n) is 2.84. The van der Waals surface area contributed by atoms with Crippen molar-refractivity contribution < 1.29 is 0 Å². The molecule has 0 spiro atoms. The zero-order valence-electron chi connectivity index (χ0n) is 11.2. The molecule has 0 atom stereocenters. The highest BCUT2D eigenvalue weighted by Crippen LogP contribution is 2.31. The topological polar surface area (TPSA) is 42.7 Å². The van der Waals surface area contributed by atoms with Crippen molar-refractivity contribution >= 4 is 0 Å². The second-order valence-electron chi connectivity index (χ2n) is 5.51. The first-order chi connectivity index (χ1) is 8.15. The van der Waals surface area contributed by atoms with E-state index in [9.17, 15) is 0 Å². The lowest BCUT2D eigenvalue weighted by Gasteiger charge is -2.30. The number of nitrogens with zero attached hydrogens (tertiary/aromatic N) is 3. The van der Waals surface area contributed by atoms with Gasteiger partial charge in [0, 0.05) is 6.04 Å². The van der Waals surface area contributed by atoms with E-state index in [-0.39, 0.29) is 5.54 Å². The zero-order valence-corrected chi connectivity index (χ0v) is 11.2.